The van der Waals surface area contributed by atoms with Crippen LogP contribution < -0.4 is 9.47 Å². The van der Waals surface area contributed by atoms with Gasteiger partial charge in [0.05, 0.1) is 12.5 Å². The van der Waals surface area contributed by atoms with Crippen LogP contribution in [0.25, 0.3) is 11.2 Å². The maximum atomic E-state index is 12.0. The molecule has 0 atom stereocenters. The van der Waals surface area contributed by atoms with Gasteiger partial charge in [-0.05, 0) is 20.8 Å². The summed E-state index contributed by atoms with van der Waals surface area (Å²) >= 11 is 0. The third-order valence-corrected chi connectivity index (χ3v) is 3.12. The van der Waals surface area contributed by atoms with Gasteiger partial charge in [-0.25, -0.2) is 9.59 Å². The number of furan rings is 2. The first-order valence-electron chi connectivity index (χ1n) is 6.20. The second-order valence-electron chi connectivity index (χ2n) is 5.69. The number of esters is 3. The quantitative estimate of drug-likeness (QED) is 0.618. The average Bonchev–Trinajstić information content (AvgIpc) is 2.99. The van der Waals surface area contributed by atoms with Crippen molar-refractivity contribution in [2.75, 3.05) is 7.11 Å². The molecule has 0 saturated heterocycles. The lowest BCUT2D eigenvalue weighted by atomic mass is 9.97. The summed E-state index contributed by atoms with van der Waals surface area (Å²) in [4.78, 5) is 35.6. The van der Waals surface area contributed by atoms with Gasteiger partial charge in [-0.1, -0.05) is 0 Å². The van der Waals surface area contributed by atoms with Crippen molar-refractivity contribution in [1.29, 1.82) is 0 Å². The van der Waals surface area contributed by atoms with Crippen molar-refractivity contribution < 1.29 is 33.0 Å². The fraction of sp³-hybridized carbons (Fsp3) is 0.357. The van der Waals surface area contributed by atoms with Crippen LogP contribution in [0.4, 0.5) is 0 Å². The van der Waals surface area contributed by atoms with Gasteiger partial charge in [0.2, 0.25) is 11.5 Å². The SMILES string of the molecule is COC(=O)c1c2c3oc1c(OC(=O)C(C)(C)C)c3OC2=O. The molecule has 0 aliphatic carbocycles. The fourth-order valence-electron chi connectivity index (χ4n) is 2.02. The summed E-state index contributed by atoms with van der Waals surface area (Å²) in [6.07, 6.45) is 0. The molecular weight excluding hydrogens is 280 g/mol. The lowest BCUT2D eigenvalue weighted by molar-refractivity contribution is -0.143. The Labute approximate surface area is 119 Å². The van der Waals surface area contributed by atoms with E-state index in [2.05, 4.69) is 4.74 Å². The molecule has 1 aliphatic heterocycles. The number of carbonyl (C=O) groups is 3. The summed E-state index contributed by atoms with van der Waals surface area (Å²) in [6, 6.07) is 0. The van der Waals surface area contributed by atoms with E-state index in [1.54, 1.807) is 20.8 Å². The standard InChI is InChI=1S/C14H12O7/c1-14(2,3)13(17)21-10-7-5(11(15)18-4)6-8(19-7)9(10)20-12(6)16/h1-4H3. The van der Waals surface area contributed by atoms with Crippen molar-refractivity contribution in [3.63, 3.8) is 0 Å². The number of fused-ring (bicyclic) bond motifs is 1. The summed E-state index contributed by atoms with van der Waals surface area (Å²) in [6.45, 7) is 5.03. The molecule has 0 amide bonds. The molecule has 2 bridgehead atoms. The predicted molar refractivity (Wildman–Crippen MR) is 68.8 cm³/mol. The molecule has 0 N–H and O–H groups in total. The Kier molecular flexibility index (Phi) is 2.54. The topological polar surface area (TPSA) is 92.0 Å². The largest absolute Gasteiger partial charge is 0.465 e. The molecule has 1 aliphatic rings. The molecule has 0 fully saturated rings. The summed E-state index contributed by atoms with van der Waals surface area (Å²) in [5.74, 6) is -2.03. The van der Waals surface area contributed by atoms with Gasteiger partial charge in [-0.15, -0.1) is 0 Å². The molecule has 2 aromatic rings. The number of hydrogen-bond donors (Lipinski definition) is 0. The van der Waals surface area contributed by atoms with Crippen molar-refractivity contribution in [2.45, 2.75) is 20.8 Å². The smallest absolute Gasteiger partial charge is 0.348 e. The summed E-state index contributed by atoms with van der Waals surface area (Å²) in [5.41, 5.74) is -0.725. The number of ether oxygens (including phenoxy) is 3. The van der Waals surface area contributed by atoms with Gasteiger partial charge >= 0.3 is 17.9 Å². The highest BCUT2D eigenvalue weighted by Gasteiger charge is 2.44. The molecule has 2 aromatic heterocycles. The van der Waals surface area contributed by atoms with Crippen LogP contribution in [0.1, 0.15) is 41.5 Å². The van der Waals surface area contributed by atoms with E-state index >= 15 is 0 Å². The van der Waals surface area contributed by atoms with Gasteiger partial charge in [0.15, 0.2) is 11.2 Å². The average molecular weight is 292 g/mol. The second-order valence-corrected chi connectivity index (χ2v) is 5.69. The third kappa shape index (κ3) is 1.70. The highest BCUT2D eigenvalue weighted by atomic mass is 16.6. The number of carbonyl (C=O) groups excluding carboxylic acids is 3. The molecule has 7 nitrogen and oxygen atoms in total. The molecule has 3 heterocycles. The minimum Gasteiger partial charge on any atom is -0.465 e. The first-order chi connectivity index (χ1) is 9.75. The fourth-order valence-corrected chi connectivity index (χ4v) is 2.02. The van der Waals surface area contributed by atoms with Crippen LogP contribution in [0, 0.1) is 5.41 Å². The number of methoxy groups -OCH3 is 1. The van der Waals surface area contributed by atoms with Crippen molar-refractivity contribution in [3.05, 3.63) is 11.1 Å². The molecular formula is C14H12O7. The molecule has 0 spiro atoms. The second kappa shape index (κ2) is 3.97. The van der Waals surface area contributed by atoms with Crippen LogP contribution in [0.2, 0.25) is 0 Å². The Hall–Kier alpha value is -2.57. The van der Waals surface area contributed by atoms with Crippen molar-refractivity contribution in [2.24, 2.45) is 5.41 Å². The highest BCUT2D eigenvalue weighted by Crippen LogP contribution is 2.52. The van der Waals surface area contributed by atoms with E-state index in [0.29, 0.717) is 0 Å². The van der Waals surface area contributed by atoms with E-state index in [0.717, 1.165) is 0 Å². The first-order valence-corrected chi connectivity index (χ1v) is 6.20. The minimum atomic E-state index is -0.763. The summed E-state index contributed by atoms with van der Waals surface area (Å²) < 4.78 is 20.2. The van der Waals surface area contributed by atoms with Crippen LogP contribution in [0.3, 0.4) is 0 Å². The maximum absolute atomic E-state index is 12.0. The Morgan fingerprint density at radius 3 is 2.38 bits per heavy atom. The number of hydrogen-bond acceptors (Lipinski definition) is 7. The lowest BCUT2D eigenvalue weighted by Crippen LogP contribution is -2.25. The van der Waals surface area contributed by atoms with Gasteiger partial charge < -0.3 is 18.6 Å². The highest BCUT2D eigenvalue weighted by molar-refractivity contribution is 6.20. The zero-order chi connectivity index (χ0) is 15.5. The molecule has 0 unspecified atom stereocenters. The Balaban J connectivity index is 2.13. The normalized spacial score (nSPS) is 13.6. The first kappa shape index (κ1) is 13.4. The third-order valence-electron chi connectivity index (χ3n) is 3.12. The van der Waals surface area contributed by atoms with Crippen molar-refractivity contribution >= 4 is 29.1 Å². The van der Waals surface area contributed by atoms with E-state index in [9.17, 15) is 14.4 Å². The van der Waals surface area contributed by atoms with Crippen LogP contribution in [0.15, 0.2) is 4.42 Å². The molecule has 0 radical (unpaired) electrons. The summed E-state index contributed by atoms with van der Waals surface area (Å²) in [5, 5.41) is 0. The molecule has 110 valence electrons. The van der Waals surface area contributed by atoms with Gasteiger partial charge in [0.1, 0.15) is 11.1 Å². The predicted octanol–water partition coefficient (Wildman–Crippen LogP) is 2.14. The maximum Gasteiger partial charge on any atom is 0.348 e. The van der Waals surface area contributed by atoms with Crippen LogP contribution in [-0.4, -0.2) is 25.0 Å². The van der Waals surface area contributed by atoms with E-state index in [1.165, 1.54) is 7.11 Å². The van der Waals surface area contributed by atoms with E-state index < -0.39 is 23.3 Å². The zero-order valence-corrected chi connectivity index (χ0v) is 11.9. The van der Waals surface area contributed by atoms with Gasteiger partial charge in [0.25, 0.3) is 0 Å². The van der Waals surface area contributed by atoms with Crippen LogP contribution in [0.5, 0.6) is 11.5 Å². The molecule has 21 heavy (non-hydrogen) atoms. The van der Waals surface area contributed by atoms with Crippen LogP contribution >= 0.6 is 0 Å². The Morgan fingerprint density at radius 2 is 1.81 bits per heavy atom. The van der Waals surface area contributed by atoms with E-state index in [1.807, 2.05) is 0 Å². The Bertz CT molecular complexity index is 775. The van der Waals surface area contributed by atoms with E-state index in [4.69, 9.17) is 13.9 Å². The lowest BCUT2D eigenvalue weighted by Gasteiger charge is -2.15. The zero-order valence-electron chi connectivity index (χ0n) is 11.9. The molecule has 7 heteroatoms. The summed E-state index contributed by atoms with van der Waals surface area (Å²) in [7, 11) is 1.18. The molecule has 0 saturated carbocycles. The molecule has 0 aromatic carbocycles. The molecule has 3 rings (SSSR count). The van der Waals surface area contributed by atoms with E-state index in [-0.39, 0.29) is 33.8 Å². The van der Waals surface area contributed by atoms with Crippen molar-refractivity contribution in [3.8, 4) is 11.5 Å². The van der Waals surface area contributed by atoms with Crippen LogP contribution in [-0.2, 0) is 9.53 Å². The number of rotatable bonds is 2. The monoisotopic (exact) mass is 292 g/mol. The van der Waals surface area contributed by atoms with Crippen molar-refractivity contribution in [1.82, 2.24) is 0 Å². The van der Waals surface area contributed by atoms with Gasteiger partial charge in [0, 0.05) is 0 Å². The van der Waals surface area contributed by atoms with Gasteiger partial charge in [-0.3, -0.25) is 4.79 Å². The van der Waals surface area contributed by atoms with Gasteiger partial charge in [-0.2, -0.15) is 0 Å². The minimum absolute atomic E-state index is 0.00898. The number of benzene rings is 1. The Morgan fingerprint density at radius 1 is 1.14 bits per heavy atom.